The van der Waals surface area contributed by atoms with Crippen LogP contribution in [0.4, 0.5) is 0 Å². The summed E-state index contributed by atoms with van der Waals surface area (Å²) < 4.78 is 5.23. The third-order valence-electron chi connectivity index (χ3n) is 2.53. The lowest BCUT2D eigenvalue weighted by Crippen LogP contribution is -2.35. The van der Waals surface area contributed by atoms with Crippen LogP contribution in [0.5, 0.6) is 0 Å². The summed E-state index contributed by atoms with van der Waals surface area (Å²) in [5, 5.41) is 5.60. The number of imide groups is 1. The molecule has 8 heteroatoms. The van der Waals surface area contributed by atoms with Crippen molar-refractivity contribution in [2.24, 2.45) is 0 Å². The maximum atomic E-state index is 11.5. The van der Waals surface area contributed by atoms with Crippen LogP contribution in [0.1, 0.15) is 6.42 Å². The number of nitrogens with one attached hydrogen (secondary N) is 2. The Hall–Kier alpha value is -1.67. The Morgan fingerprint density at radius 1 is 1.21 bits per heavy atom. The van der Waals surface area contributed by atoms with Gasteiger partial charge in [-0.05, 0) is 0 Å². The van der Waals surface area contributed by atoms with Gasteiger partial charge < -0.3 is 15.3 Å². The first-order valence-corrected chi connectivity index (χ1v) is 6.17. The van der Waals surface area contributed by atoms with Gasteiger partial charge in [-0.25, -0.2) is 0 Å². The Kier molecular flexibility index (Phi) is 6.84. The van der Waals surface area contributed by atoms with E-state index >= 15 is 0 Å². The van der Waals surface area contributed by atoms with Crippen molar-refractivity contribution in [3.63, 3.8) is 0 Å². The SMILES string of the molecule is BNCCOCCNC(=O)CCN1C(=O)C=CC1=O. The van der Waals surface area contributed by atoms with Crippen molar-refractivity contribution in [3.8, 4) is 0 Å². The smallest absolute Gasteiger partial charge is 0.253 e. The van der Waals surface area contributed by atoms with E-state index in [1.807, 2.05) is 7.98 Å². The molecule has 0 aromatic heterocycles. The van der Waals surface area contributed by atoms with Crippen molar-refractivity contribution in [2.75, 3.05) is 32.8 Å². The standard InChI is InChI=1S/C11H18BN3O4/c12-14-5-8-19-7-4-13-9(16)3-6-15-10(17)1-2-11(15)18/h1-2,14H,3-8,12H2,(H,13,16). The molecular formula is C11H18BN3O4. The third kappa shape index (κ3) is 5.67. The molecule has 104 valence electrons. The maximum absolute atomic E-state index is 11.5. The summed E-state index contributed by atoms with van der Waals surface area (Å²) in [5.74, 6) is -0.939. The van der Waals surface area contributed by atoms with Crippen LogP contribution in [0, 0.1) is 0 Å². The van der Waals surface area contributed by atoms with Gasteiger partial charge in [0.05, 0.1) is 13.2 Å². The van der Waals surface area contributed by atoms with Gasteiger partial charge in [-0.15, -0.1) is 0 Å². The molecule has 0 saturated heterocycles. The highest BCUT2D eigenvalue weighted by atomic mass is 16.5. The molecule has 1 rings (SSSR count). The van der Waals surface area contributed by atoms with Crippen molar-refractivity contribution in [2.45, 2.75) is 6.42 Å². The van der Waals surface area contributed by atoms with Gasteiger partial charge in [0, 0.05) is 38.2 Å². The number of hydrogen-bond acceptors (Lipinski definition) is 5. The second-order valence-electron chi connectivity index (χ2n) is 3.98. The number of hydrogen-bond donors (Lipinski definition) is 2. The predicted octanol–water partition coefficient (Wildman–Crippen LogP) is -2.43. The van der Waals surface area contributed by atoms with Crippen LogP contribution < -0.4 is 10.5 Å². The minimum atomic E-state index is -0.367. The summed E-state index contributed by atoms with van der Waals surface area (Å²) in [7, 11) is 1.83. The fourth-order valence-corrected chi connectivity index (χ4v) is 1.49. The van der Waals surface area contributed by atoms with Crippen molar-refractivity contribution in [1.82, 2.24) is 15.4 Å². The van der Waals surface area contributed by atoms with E-state index in [1.54, 1.807) is 0 Å². The molecule has 0 atom stereocenters. The number of carbonyl (C=O) groups excluding carboxylic acids is 3. The normalized spacial score (nSPS) is 14.2. The molecule has 1 aliphatic rings. The number of rotatable bonds is 9. The van der Waals surface area contributed by atoms with Crippen LogP contribution in [0.25, 0.3) is 0 Å². The number of nitrogens with zero attached hydrogens (tertiary/aromatic N) is 1. The molecule has 0 bridgehead atoms. The van der Waals surface area contributed by atoms with Crippen molar-refractivity contribution < 1.29 is 19.1 Å². The highest BCUT2D eigenvalue weighted by Crippen LogP contribution is 2.03. The van der Waals surface area contributed by atoms with E-state index in [-0.39, 0.29) is 30.7 Å². The summed E-state index contributed by atoms with van der Waals surface area (Å²) in [6, 6.07) is 0. The summed E-state index contributed by atoms with van der Waals surface area (Å²) >= 11 is 0. The minimum absolute atomic E-state index is 0.107. The zero-order valence-electron chi connectivity index (χ0n) is 11.0. The lowest BCUT2D eigenvalue weighted by Gasteiger charge is -2.13. The molecule has 1 aliphatic heterocycles. The Bertz CT molecular complexity index is 355. The average Bonchev–Trinajstić information content (AvgIpc) is 2.71. The van der Waals surface area contributed by atoms with Gasteiger partial charge in [0.1, 0.15) is 0 Å². The number of ether oxygens (including phenoxy) is 1. The molecule has 0 fully saturated rings. The molecule has 2 N–H and O–H groups in total. The summed E-state index contributed by atoms with van der Waals surface area (Å²) in [6.45, 7) is 2.32. The zero-order chi connectivity index (χ0) is 14.1. The molecule has 0 aliphatic carbocycles. The van der Waals surface area contributed by atoms with E-state index in [4.69, 9.17) is 4.74 Å². The van der Waals surface area contributed by atoms with E-state index < -0.39 is 0 Å². The van der Waals surface area contributed by atoms with Crippen LogP contribution in [0.3, 0.4) is 0 Å². The topological polar surface area (TPSA) is 87.7 Å². The molecule has 3 amide bonds. The fourth-order valence-electron chi connectivity index (χ4n) is 1.49. The molecule has 0 aromatic rings. The van der Waals surface area contributed by atoms with Crippen molar-refractivity contribution in [1.29, 1.82) is 0 Å². The van der Waals surface area contributed by atoms with Gasteiger partial charge in [0.15, 0.2) is 7.98 Å². The Balaban J connectivity index is 2.05. The summed E-state index contributed by atoms with van der Waals surface area (Å²) in [4.78, 5) is 34.9. The van der Waals surface area contributed by atoms with Crippen molar-refractivity contribution >= 4 is 25.7 Å². The van der Waals surface area contributed by atoms with Crippen molar-refractivity contribution in [3.05, 3.63) is 12.2 Å². The Morgan fingerprint density at radius 3 is 2.47 bits per heavy atom. The zero-order valence-corrected chi connectivity index (χ0v) is 11.0. The van der Waals surface area contributed by atoms with Crippen LogP contribution in [0.2, 0.25) is 0 Å². The van der Waals surface area contributed by atoms with Crippen LogP contribution in [0.15, 0.2) is 12.2 Å². The second kappa shape index (κ2) is 8.44. The van der Waals surface area contributed by atoms with Gasteiger partial charge in [-0.2, -0.15) is 0 Å². The second-order valence-corrected chi connectivity index (χ2v) is 3.98. The molecule has 0 spiro atoms. The molecule has 0 saturated carbocycles. The summed E-state index contributed by atoms with van der Waals surface area (Å²) in [5.41, 5.74) is 0. The number of amides is 3. The van der Waals surface area contributed by atoms with E-state index in [0.717, 1.165) is 11.4 Å². The third-order valence-corrected chi connectivity index (χ3v) is 2.53. The average molecular weight is 267 g/mol. The first-order valence-electron chi connectivity index (χ1n) is 6.17. The van der Waals surface area contributed by atoms with Gasteiger partial charge in [-0.3, -0.25) is 19.3 Å². The van der Waals surface area contributed by atoms with Gasteiger partial charge >= 0.3 is 0 Å². The van der Waals surface area contributed by atoms with Gasteiger partial charge in [-0.1, -0.05) is 0 Å². The molecule has 7 nitrogen and oxygen atoms in total. The molecule has 0 unspecified atom stereocenters. The van der Waals surface area contributed by atoms with Gasteiger partial charge in [0.25, 0.3) is 11.8 Å². The fraction of sp³-hybridized carbons (Fsp3) is 0.545. The maximum Gasteiger partial charge on any atom is 0.253 e. The lowest BCUT2D eigenvalue weighted by molar-refractivity contribution is -0.137. The molecule has 1 heterocycles. The molecule has 0 radical (unpaired) electrons. The monoisotopic (exact) mass is 267 g/mol. The molecule has 19 heavy (non-hydrogen) atoms. The van der Waals surface area contributed by atoms with Crippen LogP contribution in [-0.4, -0.2) is 63.5 Å². The highest BCUT2D eigenvalue weighted by Gasteiger charge is 2.23. The highest BCUT2D eigenvalue weighted by molar-refractivity contribution is 6.13. The largest absolute Gasteiger partial charge is 0.378 e. The lowest BCUT2D eigenvalue weighted by atomic mass is 10.3. The van der Waals surface area contributed by atoms with Gasteiger partial charge in [0.2, 0.25) is 5.91 Å². The molecule has 0 aromatic carbocycles. The quantitative estimate of drug-likeness (QED) is 0.275. The Labute approximate surface area is 112 Å². The first-order chi connectivity index (χ1) is 9.15. The van der Waals surface area contributed by atoms with Crippen LogP contribution >= 0.6 is 0 Å². The van der Waals surface area contributed by atoms with E-state index in [2.05, 4.69) is 10.5 Å². The van der Waals surface area contributed by atoms with E-state index in [1.165, 1.54) is 12.2 Å². The van der Waals surface area contributed by atoms with Crippen LogP contribution in [-0.2, 0) is 19.1 Å². The summed E-state index contributed by atoms with van der Waals surface area (Å²) in [6.07, 6.45) is 2.52. The van der Waals surface area contributed by atoms with E-state index in [0.29, 0.717) is 19.8 Å². The predicted molar refractivity (Wildman–Crippen MR) is 70.9 cm³/mol. The Morgan fingerprint density at radius 2 is 1.84 bits per heavy atom. The van der Waals surface area contributed by atoms with E-state index in [9.17, 15) is 14.4 Å². The first kappa shape index (κ1) is 15.4. The number of carbonyl (C=O) groups is 3. The molecular weight excluding hydrogens is 249 g/mol. The minimum Gasteiger partial charge on any atom is -0.378 e.